The van der Waals surface area contributed by atoms with Crippen molar-refractivity contribution in [2.45, 2.75) is 6.92 Å². The molecule has 0 amide bonds. The molecule has 0 aliphatic rings. The Bertz CT molecular complexity index is 579. The van der Waals surface area contributed by atoms with E-state index in [2.05, 4.69) is 28.7 Å². The molecule has 0 unspecified atom stereocenters. The first-order valence-corrected chi connectivity index (χ1v) is 7.12. The maximum atomic E-state index is 6.23. The van der Waals surface area contributed by atoms with E-state index in [1.54, 1.807) is 12.1 Å². The summed E-state index contributed by atoms with van der Waals surface area (Å²) in [6.45, 7) is 2.05. The fourth-order valence-electron chi connectivity index (χ4n) is 1.60. The molecule has 0 aliphatic carbocycles. The van der Waals surface area contributed by atoms with Crippen LogP contribution in [0.1, 0.15) is 5.56 Å². The number of benzene rings is 2. The minimum atomic E-state index is 0.501. The molecule has 0 N–H and O–H groups in total. The van der Waals surface area contributed by atoms with Crippen molar-refractivity contribution in [3.05, 3.63) is 54.5 Å². The molecule has 0 spiro atoms. The first kappa shape index (κ1) is 13.5. The van der Waals surface area contributed by atoms with E-state index in [9.17, 15) is 0 Å². The normalized spacial score (nSPS) is 10.6. The lowest BCUT2D eigenvalue weighted by atomic mass is 10.0. The molecule has 0 radical (unpaired) electrons. The fourth-order valence-corrected chi connectivity index (χ4v) is 3.27. The molecular formula is C13H8Cl3I. The highest BCUT2D eigenvalue weighted by atomic mass is 127. The number of hydrogen-bond donors (Lipinski definition) is 0. The van der Waals surface area contributed by atoms with E-state index in [-0.39, 0.29) is 0 Å². The second-order valence-electron chi connectivity index (χ2n) is 3.70. The minimum absolute atomic E-state index is 0.501. The molecule has 0 bridgehead atoms. The minimum Gasteiger partial charge on any atom is -0.0836 e. The van der Waals surface area contributed by atoms with Gasteiger partial charge in [-0.2, -0.15) is 0 Å². The van der Waals surface area contributed by atoms with Crippen LogP contribution in [-0.4, -0.2) is 0 Å². The second-order valence-corrected chi connectivity index (χ2v) is 6.06. The summed E-state index contributed by atoms with van der Waals surface area (Å²) < 4.78 is 1.11. The predicted octanol–water partition coefficient (Wildman–Crippen LogP) is 6.23. The van der Waals surface area contributed by atoms with Crippen molar-refractivity contribution >= 4 is 57.4 Å². The van der Waals surface area contributed by atoms with E-state index in [0.717, 1.165) is 14.7 Å². The Morgan fingerprint density at radius 1 is 0.941 bits per heavy atom. The lowest BCUT2D eigenvalue weighted by Crippen LogP contribution is -1.87. The molecule has 0 aliphatic heterocycles. The molecule has 88 valence electrons. The fraction of sp³-hybridized carbons (Fsp3) is 0.0769. The number of halogens is 4. The van der Waals surface area contributed by atoms with E-state index in [4.69, 9.17) is 34.8 Å². The highest BCUT2D eigenvalue weighted by Gasteiger charge is 2.14. The lowest BCUT2D eigenvalue weighted by molar-refractivity contribution is 1.44. The van der Waals surface area contributed by atoms with Crippen molar-refractivity contribution < 1.29 is 0 Å². The Hall–Kier alpha value is 0.0400. The van der Waals surface area contributed by atoms with Gasteiger partial charge in [-0.3, -0.25) is 0 Å². The Morgan fingerprint density at radius 2 is 1.59 bits per heavy atom. The van der Waals surface area contributed by atoms with Gasteiger partial charge < -0.3 is 0 Å². The third-order valence-electron chi connectivity index (χ3n) is 2.44. The zero-order valence-corrected chi connectivity index (χ0v) is 13.3. The maximum absolute atomic E-state index is 6.23. The van der Waals surface area contributed by atoms with Crippen LogP contribution < -0.4 is 0 Å². The van der Waals surface area contributed by atoms with Crippen LogP contribution in [0.25, 0.3) is 11.1 Å². The molecule has 0 fully saturated rings. The lowest BCUT2D eigenvalue weighted by Gasteiger charge is -2.11. The van der Waals surface area contributed by atoms with E-state index in [1.165, 1.54) is 5.56 Å². The van der Waals surface area contributed by atoms with E-state index < -0.39 is 0 Å². The van der Waals surface area contributed by atoms with Crippen LogP contribution >= 0.6 is 57.4 Å². The second kappa shape index (κ2) is 5.35. The topological polar surface area (TPSA) is 0 Å². The van der Waals surface area contributed by atoms with Gasteiger partial charge in [0.15, 0.2) is 0 Å². The van der Waals surface area contributed by atoms with Crippen molar-refractivity contribution in [2.24, 2.45) is 0 Å². The van der Waals surface area contributed by atoms with Gasteiger partial charge in [0.2, 0.25) is 0 Å². The van der Waals surface area contributed by atoms with Gasteiger partial charge in [0.25, 0.3) is 0 Å². The van der Waals surface area contributed by atoms with Gasteiger partial charge in [-0.15, -0.1) is 0 Å². The molecule has 2 aromatic rings. The van der Waals surface area contributed by atoms with Gasteiger partial charge >= 0.3 is 0 Å². The van der Waals surface area contributed by atoms with Crippen LogP contribution in [0.2, 0.25) is 15.1 Å². The summed E-state index contributed by atoms with van der Waals surface area (Å²) >= 11 is 20.7. The average molecular weight is 397 g/mol. The van der Waals surface area contributed by atoms with Crippen LogP contribution in [0.15, 0.2) is 30.3 Å². The predicted molar refractivity (Wildman–Crippen MR) is 84.4 cm³/mol. The largest absolute Gasteiger partial charge is 0.0836 e. The van der Waals surface area contributed by atoms with Crippen molar-refractivity contribution in [2.75, 3.05) is 0 Å². The third kappa shape index (κ3) is 2.73. The van der Waals surface area contributed by atoms with Gasteiger partial charge in [-0.05, 0) is 53.3 Å². The van der Waals surface area contributed by atoms with Gasteiger partial charge in [-0.25, -0.2) is 0 Å². The monoisotopic (exact) mass is 396 g/mol. The molecule has 2 rings (SSSR count). The Morgan fingerprint density at radius 3 is 2.24 bits per heavy atom. The van der Waals surface area contributed by atoms with Gasteiger partial charge in [0.05, 0.1) is 15.1 Å². The van der Waals surface area contributed by atoms with Crippen molar-refractivity contribution in [3.8, 4) is 11.1 Å². The molecule has 4 heteroatoms. The summed E-state index contributed by atoms with van der Waals surface area (Å²) in [7, 11) is 0. The maximum Gasteiger partial charge on any atom is 0.0686 e. The highest BCUT2D eigenvalue weighted by molar-refractivity contribution is 14.1. The van der Waals surface area contributed by atoms with Crippen molar-refractivity contribution in [1.82, 2.24) is 0 Å². The number of rotatable bonds is 1. The molecule has 0 nitrogen and oxygen atoms in total. The first-order chi connectivity index (χ1) is 8.00. The first-order valence-electron chi connectivity index (χ1n) is 4.90. The number of aryl methyl sites for hydroxylation is 1. The smallest absolute Gasteiger partial charge is 0.0686 e. The molecule has 17 heavy (non-hydrogen) atoms. The average Bonchev–Trinajstić information content (AvgIpc) is 2.27. The molecule has 0 aromatic heterocycles. The third-order valence-corrected chi connectivity index (χ3v) is 4.45. The standard InChI is InChI=1S/C13H8Cl3I/c1-7-2-3-8(11(17)6-7)12-9(14)4-5-10(15)13(12)16/h2-6H,1H3. The van der Waals surface area contributed by atoms with Crippen molar-refractivity contribution in [3.63, 3.8) is 0 Å². The van der Waals surface area contributed by atoms with E-state index in [1.807, 2.05) is 19.1 Å². The molecular weight excluding hydrogens is 389 g/mol. The highest BCUT2D eigenvalue weighted by Crippen LogP contribution is 2.40. The number of hydrogen-bond acceptors (Lipinski definition) is 0. The molecule has 2 aromatic carbocycles. The van der Waals surface area contributed by atoms with Crippen LogP contribution in [0.5, 0.6) is 0 Å². The van der Waals surface area contributed by atoms with Gasteiger partial charge in [-0.1, -0.05) is 52.5 Å². The summed E-state index contributed by atoms with van der Waals surface area (Å²) in [5.74, 6) is 0. The van der Waals surface area contributed by atoms with Crippen LogP contribution in [-0.2, 0) is 0 Å². The summed E-state index contributed by atoms with van der Waals surface area (Å²) in [5.41, 5.74) is 3.01. The zero-order chi connectivity index (χ0) is 12.6. The zero-order valence-electron chi connectivity index (χ0n) is 8.90. The van der Waals surface area contributed by atoms with Gasteiger partial charge in [0, 0.05) is 9.13 Å². The molecule has 0 saturated heterocycles. The van der Waals surface area contributed by atoms with Crippen LogP contribution in [0, 0.1) is 10.5 Å². The molecule has 0 saturated carbocycles. The van der Waals surface area contributed by atoms with Crippen LogP contribution in [0.3, 0.4) is 0 Å². The van der Waals surface area contributed by atoms with Crippen LogP contribution in [0.4, 0.5) is 0 Å². The molecule has 0 heterocycles. The Kier molecular flexibility index (Phi) is 4.24. The quantitative estimate of drug-likeness (QED) is 0.395. The Labute approximate surface area is 129 Å². The summed E-state index contributed by atoms with van der Waals surface area (Å²) in [5, 5.41) is 1.63. The van der Waals surface area contributed by atoms with E-state index in [0.29, 0.717) is 15.1 Å². The Balaban J connectivity index is 2.72. The van der Waals surface area contributed by atoms with Crippen molar-refractivity contribution in [1.29, 1.82) is 0 Å². The molecule has 0 atom stereocenters. The SMILES string of the molecule is Cc1ccc(-c2c(Cl)ccc(Cl)c2Cl)c(I)c1. The van der Waals surface area contributed by atoms with E-state index >= 15 is 0 Å². The summed E-state index contributed by atoms with van der Waals surface area (Å²) in [6, 6.07) is 9.60. The summed E-state index contributed by atoms with van der Waals surface area (Å²) in [4.78, 5) is 0. The van der Waals surface area contributed by atoms with Gasteiger partial charge in [0.1, 0.15) is 0 Å². The summed E-state index contributed by atoms with van der Waals surface area (Å²) in [6.07, 6.45) is 0.